The van der Waals surface area contributed by atoms with Gasteiger partial charge in [0.15, 0.2) is 0 Å². The Hall–Kier alpha value is -3.32. The number of nitrogens with zero attached hydrogens (tertiary/aromatic N) is 2. The third-order valence-electron chi connectivity index (χ3n) is 6.25. The molecule has 0 bridgehead atoms. The number of allylic oxidation sites excluding steroid dienone is 2. The van der Waals surface area contributed by atoms with E-state index >= 15 is 0 Å². The number of carboxylic acids is 1. The molecule has 4 rings (SSSR count). The van der Waals surface area contributed by atoms with Gasteiger partial charge in [-0.05, 0) is 49.2 Å². The van der Waals surface area contributed by atoms with E-state index in [4.69, 9.17) is 11.6 Å². The van der Waals surface area contributed by atoms with E-state index in [1.54, 1.807) is 41.3 Å². The predicted molar refractivity (Wildman–Crippen MR) is 125 cm³/mol. The zero-order valence-corrected chi connectivity index (χ0v) is 18.8. The van der Waals surface area contributed by atoms with Gasteiger partial charge in [0.05, 0.1) is 17.2 Å². The van der Waals surface area contributed by atoms with Crippen molar-refractivity contribution in [3.8, 4) is 0 Å². The molecule has 172 valence electrons. The van der Waals surface area contributed by atoms with E-state index in [9.17, 15) is 19.5 Å². The Morgan fingerprint density at radius 1 is 0.879 bits per heavy atom. The minimum absolute atomic E-state index is 0.165. The Morgan fingerprint density at radius 3 is 2.18 bits per heavy atom. The second-order valence-corrected chi connectivity index (χ2v) is 8.70. The lowest BCUT2D eigenvalue weighted by Crippen LogP contribution is -2.49. The van der Waals surface area contributed by atoms with Gasteiger partial charge in [-0.25, -0.2) is 0 Å². The van der Waals surface area contributed by atoms with Gasteiger partial charge in [-0.2, -0.15) is 0 Å². The fourth-order valence-corrected chi connectivity index (χ4v) is 4.48. The van der Waals surface area contributed by atoms with Gasteiger partial charge in [-0.15, -0.1) is 0 Å². The molecule has 2 amide bonds. The van der Waals surface area contributed by atoms with E-state index in [1.165, 1.54) is 0 Å². The summed E-state index contributed by atoms with van der Waals surface area (Å²) >= 11 is 5.97. The quantitative estimate of drug-likeness (QED) is 0.684. The molecule has 1 N–H and O–H groups in total. The summed E-state index contributed by atoms with van der Waals surface area (Å²) in [6.45, 7) is 2.46. The van der Waals surface area contributed by atoms with Gasteiger partial charge in [0.1, 0.15) is 0 Å². The fraction of sp³-hybridized carbons (Fsp3) is 0.320. The van der Waals surface area contributed by atoms with Gasteiger partial charge in [-0.3, -0.25) is 9.59 Å². The summed E-state index contributed by atoms with van der Waals surface area (Å²) in [5, 5.41) is 14.9. The molecular formula is C25H25ClN3O4-. The zero-order valence-electron chi connectivity index (χ0n) is 18.1. The molecule has 0 radical (unpaired) electrons. The maximum atomic E-state index is 13.3. The number of nitrogens with one attached hydrogen (secondary N) is 1. The van der Waals surface area contributed by atoms with Gasteiger partial charge in [-0.1, -0.05) is 35.9 Å². The highest BCUT2D eigenvalue weighted by Gasteiger charge is 2.31. The topological polar surface area (TPSA) is 92.8 Å². The number of halogens is 1. The van der Waals surface area contributed by atoms with Crippen molar-refractivity contribution in [2.45, 2.75) is 12.8 Å². The molecule has 2 aromatic carbocycles. The second kappa shape index (κ2) is 10.1. The number of carbonyl (C=O) groups is 3. The summed E-state index contributed by atoms with van der Waals surface area (Å²) in [5.41, 5.74) is 1.84. The van der Waals surface area contributed by atoms with E-state index < -0.39 is 23.7 Å². The van der Waals surface area contributed by atoms with Crippen LogP contribution in [0.4, 0.5) is 11.4 Å². The molecule has 33 heavy (non-hydrogen) atoms. The molecular weight excluding hydrogens is 442 g/mol. The van der Waals surface area contributed by atoms with Crippen molar-refractivity contribution in [3.05, 3.63) is 71.3 Å². The molecule has 7 nitrogen and oxygen atoms in total. The third-order valence-corrected chi connectivity index (χ3v) is 6.50. The summed E-state index contributed by atoms with van der Waals surface area (Å²) in [7, 11) is 0. The maximum Gasteiger partial charge on any atom is 0.256 e. The first-order valence-corrected chi connectivity index (χ1v) is 11.4. The van der Waals surface area contributed by atoms with E-state index in [-0.39, 0.29) is 12.3 Å². The highest BCUT2D eigenvalue weighted by molar-refractivity contribution is 6.30. The predicted octanol–water partition coefficient (Wildman–Crippen LogP) is 2.57. The van der Waals surface area contributed by atoms with Crippen molar-refractivity contribution in [3.63, 3.8) is 0 Å². The fourth-order valence-electron chi connectivity index (χ4n) is 4.36. The molecule has 1 aliphatic carbocycles. The summed E-state index contributed by atoms with van der Waals surface area (Å²) in [6, 6.07) is 14.5. The van der Waals surface area contributed by atoms with Gasteiger partial charge in [0.25, 0.3) is 5.91 Å². The molecule has 0 spiro atoms. The van der Waals surface area contributed by atoms with Crippen LogP contribution in [0.15, 0.2) is 60.7 Å². The van der Waals surface area contributed by atoms with Crippen LogP contribution >= 0.6 is 11.6 Å². The second-order valence-electron chi connectivity index (χ2n) is 8.27. The number of rotatable bonds is 5. The number of anilines is 2. The molecule has 1 heterocycles. The number of piperazine rings is 1. The largest absolute Gasteiger partial charge is 0.550 e. The summed E-state index contributed by atoms with van der Waals surface area (Å²) < 4.78 is 0. The van der Waals surface area contributed by atoms with Crippen LogP contribution in [0.5, 0.6) is 0 Å². The Kier molecular flexibility index (Phi) is 6.99. The number of carbonyl (C=O) groups excluding carboxylic acids is 3. The minimum atomic E-state index is -1.23. The van der Waals surface area contributed by atoms with Crippen LogP contribution in [0.25, 0.3) is 0 Å². The average Bonchev–Trinajstić information content (AvgIpc) is 2.84. The Balaban J connectivity index is 1.43. The first-order valence-electron chi connectivity index (χ1n) is 11.0. The van der Waals surface area contributed by atoms with Gasteiger partial charge >= 0.3 is 0 Å². The van der Waals surface area contributed by atoms with Crippen LogP contribution < -0.4 is 15.3 Å². The highest BCUT2D eigenvalue weighted by atomic mass is 35.5. The normalized spacial score (nSPS) is 20.4. The average molecular weight is 467 g/mol. The van der Waals surface area contributed by atoms with Crippen LogP contribution in [-0.4, -0.2) is 48.9 Å². The van der Waals surface area contributed by atoms with E-state index in [2.05, 4.69) is 10.2 Å². The lowest BCUT2D eigenvalue weighted by Gasteiger charge is -2.36. The molecule has 1 saturated heterocycles. The summed E-state index contributed by atoms with van der Waals surface area (Å²) in [4.78, 5) is 41.6. The van der Waals surface area contributed by atoms with Crippen LogP contribution in [0.2, 0.25) is 5.02 Å². The van der Waals surface area contributed by atoms with E-state index in [0.717, 1.165) is 5.69 Å². The van der Waals surface area contributed by atoms with Gasteiger partial charge < -0.3 is 25.0 Å². The van der Waals surface area contributed by atoms with Gasteiger partial charge in [0.2, 0.25) is 5.91 Å². The number of carboxylic acid groups (broad SMARTS) is 1. The number of amides is 2. The van der Waals surface area contributed by atoms with Crippen molar-refractivity contribution in [1.29, 1.82) is 0 Å². The number of benzene rings is 2. The van der Waals surface area contributed by atoms with E-state index in [1.807, 2.05) is 24.3 Å². The molecule has 1 fully saturated rings. The van der Waals surface area contributed by atoms with Crippen molar-refractivity contribution in [2.75, 3.05) is 36.4 Å². The standard InChI is InChI=1S/C25H26ClN3O4/c26-17-9-11-18(12-10-17)28-13-15-29(16-14-28)24(31)21-7-3-4-8-22(21)27-23(30)19-5-1-2-6-20(19)25(32)33/h1-4,7-12,19-20H,5-6,13-16H2,(H,27,30)(H,32,33)/p-1/t19-,20+/m1/s1. The zero-order chi connectivity index (χ0) is 23.4. The lowest BCUT2D eigenvalue weighted by molar-refractivity contribution is -0.313. The molecule has 2 aromatic rings. The first kappa shape index (κ1) is 22.9. The van der Waals surface area contributed by atoms with Crippen molar-refractivity contribution in [1.82, 2.24) is 4.90 Å². The Bertz CT molecular complexity index is 1060. The van der Waals surface area contributed by atoms with Crippen LogP contribution in [0, 0.1) is 11.8 Å². The SMILES string of the molecule is O=C([O-])[C@H]1CC=CC[C@H]1C(=O)Nc1ccccc1C(=O)N1CCN(c2ccc(Cl)cc2)CC1. The van der Waals surface area contributed by atoms with Crippen LogP contribution in [0.1, 0.15) is 23.2 Å². The molecule has 0 aromatic heterocycles. The summed E-state index contributed by atoms with van der Waals surface area (Å²) in [5.74, 6) is -3.42. The Labute approximate surface area is 197 Å². The van der Waals surface area contributed by atoms with Crippen molar-refractivity contribution >= 4 is 40.8 Å². The maximum absolute atomic E-state index is 13.3. The third kappa shape index (κ3) is 5.20. The smallest absolute Gasteiger partial charge is 0.256 e. The number of aliphatic carboxylic acids is 1. The van der Waals surface area contributed by atoms with Crippen LogP contribution in [-0.2, 0) is 9.59 Å². The van der Waals surface area contributed by atoms with Gasteiger partial charge in [0, 0.05) is 48.8 Å². The highest BCUT2D eigenvalue weighted by Crippen LogP contribution is 2.28. The number of hydrogen-bond acceptors (Lipinski definition) is 5. The number of hydrogen-bond donors (Lipinski definition) is 1. The monoisotopic (exact) mass is 466 g/mol. The molecule has 0 unspecified atom stereocenters. The molecule has 2 aliphatic rings. The van der Waals surface area contributed by atoms with Crippen LogP contribution in [0.3, 0.4) is 0 Å². The van der Waals surface area contributed by atoms with Crippen molar-refractivity contribution < 1.29 is 19.5 Å². The van der Waals surface area contributed by atoms with Crippen molar-refractivity contribution in [2.24, 2.45) is 11.8 Å². The molecule has 1 aliphatic heterocycles. The Morgan fingerprint density at radius 2 is 1.52 bits per heavy atom. The molecule has 0 saturated carbocycles. The number of para-hydroxylation sites is 1. The molecule has 2 atom stereocenters. The van der Waals surface area contributed by atoms with E-state index in [0.29, 0.717) is 48.9 Å². The first-order chi connectivity index (χ1) is 15.9. The minimum Gasteiger partial charge on any atom is -0.550 e. The lowest BCUT2D eigenvalue weighted by atomic mass is 9.82. The molecule has 8 heteroatoms. The summed E-state index contributed by atoms with van der Waals surface area (Å²) in [6.07, 6.45) is 4.15.